The van der Waals surface area contributed by atoms with Crippen molar-refractivity contribution in [1.82, 2.24) is 0 Å². The molecule has 18 heavy (non-hydrogen) atoms. The smallest absolute Gasteiger partial charge is 0.321 e. The maximum atomic E-state index is 11.7. The van der Waals surface area contributed by atoms with Crippen LogP contribution < -0.4 is 0 Å². The van der Waals surface area contributed by atoms with E-state index in [-0.39, 0.29) is 5.56 Å². The molecule has 1 rings (SSSR count). The highest BCUT2D eigenvalue weighted by Gasteiger charge is 2.30. The second-order valence-corrected chi connectivity index (χ2v) is 6.40. The molecule has 0 spiro atoms. The van der Waals surface area contributed by atoms with E-state index in [1.54, 1.807) is 12.1 Å². The lowest BCUT2D eigenvalue weighted by molar-refractivity contribution is -0.136. The highest BCUT2D eigenvalue weighted by molar-refractivity contribution is 7.93. The van der Waals surface area contributed by atoms with Gasteiger partial charge in [0.25, 0.3) is 0 Å². The molecule has 0 radical (unpaired) electrons. The quantitative estimate of drug-likeness (QED) is 0.808. The van der Waals surface area contributed by atoms with Gasteiger partial charge in [0.05, 0.1) is 0 Å². The summed E-state index contributed by atoms with van der Waals surface area (Å²) in [6.45, 7) is 2.90. The minimum Gasteiger partial charge on any atom is -0.480 e. The number of carboxylic acid groups (broad SMARTS) is 1. The molecular weight excluding hydrogens is 256 g/mol. The molecule has 0 aromatic heterocycles. The molecule has 0 fully saturated rings. The molecule has 0 aliphatic heterocycles. The normalized spacial score (nSPS) is 13.0. The zero-order valence-electron chi connectivity index (χ0n) is 10.1. The van der Waals surface area contributed by atoms with Crippen LogP contribution in [-0.4, -0.2) is 36.3 Å². The molecule has 0 bridgehead atoms. The first-order valence-electron chi connectivity index (χ1n) is 5.28. The van der Waals surface area contributed by atoms with Crippen LogP contribution in [0.2, 0.25) is 0 Å². The summed E-state index contributed by atoms with van der Waals surface area (Å²) in [6, 6.07) is 6.44. The Bertz CT molecular complexity index is 557. The van der Waals surface area contributed by atoms with Crippen LogP contribution in [0.1, 0.15) is 22.8 Å². The Hall–Kier alpha value is -1.69. The van der Waals surface area contributed by atoms with E-state index in [0.29, 0.717) is 0 Å². The van der Waals surface area contributed by atoms with Gasteiger partial charge in [-0.1, -0.05) is 29.8 Å². The molecule has 0 saturated carbocycles. The molecule has 1 aromatic rings. The molecule has 0 saturated heterocycles. The van der Waals surface area contributed by atoms with E-state index >= 15 is 0 Å². The number of carbonyl (C=O) groups is 2. The highest BCUT2D eigenvalue weighted by atomic mass is 32.2. The summed E-state index contributed by atoms with van der Waals surface area (Å²) in [7, 11) is -3.97. The van der Waals surface area contributed by atoms with E-state index in [2.05, 4.69) is 0 Å². The van der Waals surface area contributed by atoms with Crippen molar-refractivity contribution in [2.45, 2.75) is 19.1 Å². The lowest BCUT2D eigenvalue weighted by atomic mass is 10.1. The van der Waals surface area contributed by atoms with Gasteiger partial charge in [-0.25, -0.2) is 8.42 Å². The lowest BCUT2D eigenvalue weighted by Crippen LogP contribution is -2.32. The molecule has 0 aliphatic carbocycles. The largest absolute Gasteiger partial charge is 0.480 e. The number of carboxylic acids is 1. The van der Waals surface area contributed by atoms with Crippen molar-refractivity contribution in [2.24, 2.45) is 0 Å². The number of ketones is 1. The van der Waals surface area contributed by atoms with E-state index in [1.165, 1.54) is 12.1 Å². The zero-order chi connectivity index (χ0) is 13.9. The number of rotatable bonds is 5. The van der Waals surface area contributed by atoms with Crippen molar-refractivity contribution in [3.05, 3.63) is 35.4 Å². The Morgan fingerprint density at radius 2 is 1.72 bits per heavy atom. The summed E-state index contributed by atoms with van der Waals surface area (Å²) in [5, 5.41) is 7.07. The number of carbonyl (C=O) groups excluding carboxylic acids is 1. The van der Waals surface area contributed by atoms with Gasteiger partial charge in [0.1, 0.15) is 5.75 Å². The molecule has 1 aromatic carbocycles. The molecule has 5 nitrogen and oxygen atoms in total. The number of benzene rings is 1. The fraction of sp³-hybridized carbons (Fsp3) is 0.333. The molecule has 1 atom stereocenters. The molecule has 98 valence electrons. The van der Waals surface area contributed by atoms with Crippen LogP contribution in [0.3, 0.4) is 0 Å². The third-order valence-corrected chi connectivity index (χ3v) is 4.54. The Morgan fingerprint density at radius 1 is 1.22 bits per heavy atom. The van der Waals surface area contributed by atoms with Crippen molar-refractivity contribution < 1.29 is 23.1 Å². The summed E-state index contributed by atoms with van der Waals surface area (Å²) >= 11 is 0. The summed E-state index contributed by atoms with van der Waals surface area (Å²) in [5.41, 5.74) is 1.22. The SMILES string of the molecule is Cc1ccc(C(=O)CS(=O)(=O)C(C)C(=O)O)cc1. The molecule has 6 heteroatoms. The van der Waals surface area contributed by atoms with Crippen molar-refractivity contribution >= 4 is 21.6 Å². The molecule has 0 amide bonds. The summed E-state index contributed by atoms with van der Waals surface area (Å²) in [4.78, 5) is 22.3. The maximum absolute atomic E-state index is 11.7. The summed E-state index contributed by atoms with van der Waals surface area (Å²) < 4.78 is 23.2. The fourth-order valence-corrected chi connectivity index (χ4v) is 2.37. The number of aliphatic carboxylic acids is 1. The van der Waals surface area contributed by atoms with Crippen LogP contribution in [0.25, 0.3) is 0 Å². The van der Waals surface area contributed by atoms with Crippen LogP contribution in [0.15, 0.2) is 24.3 Å². The lowest BCUT2D eigenvalue weighted by Gasteiger charge is -2.07. The Kier molecular flexibility index (Phi) is 4.24. The van der Waals surface area contributed by atoms with Gasteiger partial charge in [-0.05, 0) is 13.8 Å². The number of sulfone groups is 1. The first-order chi connectivity index (χ1) is 8.24. The number of hydrogen-bond acceptors (Lipinski definition) is 4. The fourth-order valence-electron chi connectivity index (χ4n) is 1.28. The molecule has 1 N–H and O–H groups in total. The highest BCUT2D eigenvalue weighted by Crippen LogP contribution is 2.09. The van der Waals surface area contributed by atoms with Crippen LogP contribution in [-0.2, 0) is 14.6 Å². The monoisotopic (exact) mass is 270 g/mol. The average molecular weight is 270 g/mol. The van der Waals surface area contributed by atoms with Gasteiger partial charge in [-0.3, -0.25) is 9.59 Å². The van der Waals surface area contributed by atoms with Crippen LogP contribution in [0.5, 0.6) is 0 Å². The summed E-state index contributed by atoms with van der Waals surface area (Å²) in [5.74, 6) is -2.83. The van der Waals surface area contributed by atoms with Gasteiger partial charge in [0, 0.05) is 5.56 Å². The van der Waals surface area contributed by atoms with Crippen molar-refractivity contribution in [2.75, 3.05) is 5.75 Å². The Balaban J connectivity index is 2.88. The van der Waals surface area contributed by atoms with Crippen molar-refractivity contribution in [1.29, 1.82) is 0 Å². The molecular formula is C12H14O5S. The molecule has 0 heterocycles. The van der Waals surface area contributed by atoms with Crippen LogP contribution >= 0.6 is 0 Å². The topological polar surface area (TPSA) is 88.5 Å². The van der Waals surface area contributed by atoms with Gasteiger partial charge in [-0.15, -0.1) is 0 Å². The van der Waals surface area contributed by atoms with Gasteiger partial charge in [0.15, 0.2) is 20.9 Å². The van der Waals surface area contributed by atoms with Gasteiger partial charge in [0.2, 0.25) is 0 Å². The van der Waals surface area contributed by atoms with Crippen molar-refractivity contribution in [3.63, 3.8) is 0 Å². The maximum Gasteiger partial charge on any atom is 0.321 e. The van der Waals surface area contributed by atoms with Crippen molar-refractivity contribution in [3.8, 4) is 0 Å². The van der Waals surface area contributed by atoms with E-state index in [1.807, 2.05) is 6.92 Å². The minimum absolute atomic E-state index is 0.266. The van der Waals surface area contributed by atoms with Crippen LogP contribution in [0, 0.1) is 6.92 Å². The second kappa shape index (κ2) is 5.30. The standard InChI is InChI=1S/C12H14O5S/c1-8-3-5-10(6-4-8)11(13)7-18(16,17)9(2)12(14)15/h3-6,9H,7H2,1-2H3,(H,14,15). The summed E-state index contributed by atoms with van der Waals surface area (Å²) in [6.07, 6.45) is 0. The number of aryl methyl sites for hydroxylation is 1. The predicted molar refractivity (Wildman–Crippen MR) is 66.4 cm³/mol. The van der Waals surface area contributed by atoms with Crippen LogP contribution in [0.4, 0.5) is 0 Å². The number of hydrogen-bond donors (Lipinski definition) is 1. The third kappa shape index (κ3) is 3.40. The Labute approximate surface area is 105 Å². The minimum atomic E-state index is -3.97. The zero-order valence-corrected chi connectivity index (χ0v) is 10.9. The predicted octanol–water partition coefficient (Wildman–Crippen LogP) is 1.07. The Morgan fingerprint density at radius 3 is 2.17 bits per heavy atom. The van der Waals surface area contributed by atoms with E-state index in [9.17, 15) is 18.0 Å². The van der Waals surface area contributed by atoms with Gasteiger partial charge < -0.3 is 5.11 Å². The number of Topliss-reactive ketones (excluding diaryl/α,β-unsaturated/α-hetero) is 1. The first-order valence-corrected chi connectivity index (χ1v) is 7.00. The van der Waals surface area contributed by atoms with E-state index < -0.39 is 32.6 Å². The van der Waals surface area contributed by atoms with E-state index in [0.717, 1.165) is 12.5 Å². The van der Waals surface area contributed by atoms with Gasteiger partial charge in [-0.2, -0.15) is 0 Å². The van der Waals surface area contributed by atoms with E-state index in [4.69, 9.17) is 5.11 Å². The first kappa shape index (κ1) is 14.4. The molecule has 0 aliphatic rings. The molecule has 1 unspecified atom stereocenters. The third-order valence-electron chi connectivity index (χ3n) is 2.59. The van der Waals surface area contributed by atoms with Gasteiger partial charge >= 0.3 is 5.97 Å². The average Bonchev–Trinajstić information content (AvgIpc) is 2.28. The second-order valence-electron chi connectivity index (χ2n) is 4.08.